The molecule has 2 aliphatic carbocycles. The number of aromatic nitrogens is 1. The molecular formula is C37H40Cl2NSiZr. The summed E-state index contributed by atoms with van der Waals surface area (Å²) in [7, 11) is -1.19. The van der Waals surface area contributed by atoms with Crippen LogP contribution in [-0.4, -0.2) is 12.6 Å². The first-order valence-corrected chi connectivity index (χ1v) is 19.3. The second-order valence-electron chi connectivity index (χ2n) is 12.5. The van der Waals surface area contributed by atoms with Gasteiger partial charge in [0.2, 0.25) is 0 Å². The molecule has 5 heteroatoms. The first kappa shape index (κ1) is 33.0. The molecular weight excluding hydrogens is 649 g/mol. The summed E-state index contributed by atoms with van der Waals surface area (Å²) in [6.45, 7) is 16.4. The van der Waals surface area contributed by atoms with Crippen molar-refractivity contribution in [3.05, 3.63) is 124 Å². The topological polar surface area (TPSA) is 4.93 Å². The Balaban J connectivity index is 0.000000185. The van der Waals surface area contributed by atoms with Crippen LogP contribution in [0.3, 0.4) is 0 Å². The number of fused-ring (bicyclic) bond motifs is 1. The van der Waals surface area contributed by atoms with Crippen molar-refractivity contribution in [2.45, 2.75) is 69.2 Å². The number of allylic oxidation sites excluding steroid dienone is 2. The van der Waals surface area contributed by atoms with Crippen molar-refractivity contribution < 1.29 is 49.5 Å². The fourth-order valence-electron chi connectivity index (χ4n) is 7.45. The van der Waals surface area contributed by atoms with Gasteiger partial charge in [0.05, 0.1) is 8.07 Å². The summed E-state index contributed by atoms with van der Waals surface area (Å²) in [6, 6.07) is 29.1. The van der Waals surface area contributed by atoms with Crippen LogP contribution in [0.25, 0.3) is 28.1 Å². The predicted octanol–water partition coefficient (Wildman–Crippen LogP) is 4.34. The predicted molar refractivity (Wildman–Crippen MR) is 170 cm³/mol. The molecule has 42 heavy (non-hydrogen) atoms. The minimum atomic E-state index is -1.19. The largest absolute Gasteiger partial charge is 1.00 e. The fourth-order valence-corrected chi connectivity index (χ4v) is 12.6. The fraction of sp³-hybridized carbons (Fsp3) is 0.297. The number of aryl methyl sites for hydroxylation is 1. The van der Waals surface area contributed by atoms with E-state index < -0.39 is 8.07 Å². The first-order chi connectivity index (χ1) is 19.1. The Morgan fingerprint density at radius 2 is 1.52 bits per heavy atom. The molecule has 1 nitrogen and oxygen atoms in total. The average molecular weight is 689 g/mol. The molecule has 0 fully saturated rings. The Kier molecular flexibility index (Phi) is 9.91. The van der Waals surface area contributed by atoms with Crippen LogP contribution in [0, 0.1) is 6.92 Å². The molecule has 2 aliphatic heterocycles. The minimum Gasteiger partial charge on any atom is -1.00 e. The molecule has 3 unspecified atom stereocenters. The first-order valence-electron chi connectivity index (χ1n) is 14.8. The van der Waals surface area contributed by atoms with Crippen molar-refractivity contribution in [3.63, 3.8) is 0 Å². The summed E-state index contributed by atoms with van der Waals surface area (Å²) >= 11 is 1.59. The van der Waals surface area contributed by atoms with Gasteiger partial charge in [-0.3, -0.25) is 0 Å². The summed E-state index contributed by atoms with van der Waals surface area (Å²) in [5, 5.41) is 1.71. The van der Waals surface area contributed by atoms with E-state index in [2.05, 4.69) is 137 Å². The third-order valence-corrected chi connectivity index (χ3v) is 15.6. The van der Waals surface area contributed by atoms with Gasteiger partial charge in [0, 0.05) is 22.6 Å². The third kappa shape index (κ3) is 5.23. The van der Waals surface area contributed by atoms with E-state index in [0.717, 1.165) is 5.54 Å². The van der Waals surface area contributed by atoms with Crippen LogP contribution in [0.15, 0.2) is 90.0 Å². The second-order valence-corrected chi connectivity index (χ2v) is 18.5. The normalized spacial score (nSPS) is 19.3. The zero-order chi connectivity index (χ0) is 28.3. The van der Waals surface area contributed by atoms with Crippen molar-refractivity contribution in [2.24, 2.45) is 0 Å². The quantitative estimate of drug-likeness (QED) is 0.282. The van der Waals surface area contributed by atoms with E-state index in [0.29, 0.717) is 9.54 Å². The minimum absolute atomic E-state index is 0. The maximum atomic E-state index is 2.52. The van der Waals surface area contributed by atoms with Crippen LogP contribution in [-0.2, 0) is 24.7 Å². The summed E-state index contributed by atoms with van der Waals surface area (Å²) < 4.78 is 3.11. The second kappa shape index (κ2) is 12.6. The molecule has 0 saturated heterocycles. The maximum Gasteiger partial charge on any atom is -1.00 e. The van der Waals surface area contributed by atoms with Crippen molar-refractivity contribution in [3.8, 4) is 16.8 Å². The number of halogens is 2. The zero-order valence-electron chi connectivity index (χ0n) is 25.7. The molecule has 1 aromatic heterocycles. The summed E-state index contributed by atoms with van der Waals surface area (Å²) in [5.74, 6) is 0.645. The molecule has 3 heterocycles. The van der Waals surface area contributed by atoms with Gasteiger partial charge in [0.1, 0.15) is 0 Å². The third-order valence-electron chi connectivity index (χ3n) is 9.65. The molecule has 4 aliphatic rings. The Hall–Kier alpha value is -1.90. The molecule has 8 rings (SSSR count). The van der Waals surface area contributed by atoms with Crippen molar-refractivity contribution in [1.29, 1.82) is 0 Å². The number of hydrogen-bond donors (Lipinski definition) is 0. The molecule has 3 aromatic carbocycles. The van der Waals surface area contributed by atoms with Crippen LogP contribution < -0.4 is 24.8 Å². The van der Waals surface area contributed by atoms with Crippen LogP contribution in [0.1, 0.15) is 82.8 Å². The van der Waals surface area contributed by atoms with Crippen molar-refractivity contribution in [1.82, 2.24) is 4.57 Å². The maximum absolute atomic E-state index is 2.52. The SMILES string of the molecule is CC1=C2c3c(cc(C)n3-c3ccccc3)C1[Si]2(C)C.CCC(C)c1ccc(-c2cccc3c2C=C(C)[CH]3[Zr+2])cc1.[Cl-].[Cl-]. The van der Waals surface area contributed by atoms with Gasteiger partial charge in [0.25, 0.3) is 0 Å². The summed E-state index contributed by atoms with van der Waals surface area (Å²) in [6.07, 6.45) is 3.58. The van der Waals surface area contributed by atoms with Gasteiger partial charge < -0.3 is 29.4 Å². The molecule has 0 radical (unpaired) electrons. The molecule has 0 amide bonds. The van der Waals surface area contributed by atoms with E-state index in [9.17, 15) is 0 Å². The molecule has 0 spiro atoms. The van der Waals surface area contributed by atoms with E-state index in [1.165, 1.54) is 56.9 Å². The Morgan fingerprint density at radius 3 is 2.14 bits per heavy atom. The number of nitrogens with zero attached hydrogens (tertiary/aromatic N) is 1. The van der Waals surface area contributed by atoms with Crippen molar-refractivity contribution >= 4 is 19.3 Å². The monoisotopic (exact) mass is 686 g/mol. The van der Waals surface area contributed by atoms with E-state index in [1.54, 1.807) is 41.1 Å². The van der Waals surface area contributed by atoms with Gasteiger partial charge in [-0.05, 0) is 42.8 Å². The van der Waals surface area contributed by atoms with Gasteiger partial charge in [0.15, 0.2) is 0 Å². The standard InChI is InChI=1S/C20H21.C17H19NSi.2ClH.Zr/c1-4-15(3)16-8-10-17(11-9-16)19-7-5-6-18-12-14(2)13-20(18)19;1-11-10-14-15(17-12(2)16(14)19(17,3)4)18(11)13-8-6-5-7-9-13;;;/h5-13,15H,4H2,1-3H3;5-10,16H,1-4H3;2*1H;/q;;;;+2/p-2. The van der Waals surface area contributed by atoms with Gasteiger partial charge in [-0.25, -0.2) is 0 Å². The summed E-state index contributed by atoms with van der Waals surface area (Å²) in [5.41, 5.74) is 16.9. The van der Waals surface area contributed by atoms with E-state index in [-0.39, 0.29) is 24.8 Å². The average Bonchev–Trinajstić information content (AvgIpc) is 3.61. The van der Waals surface area contributed by atoms with Crippen LogP contribution in [0.5, 0.6) is 0 Å². The summed E-state index contributed by atoms with van der Waals surface area (Å²) in [4.78, 5) is 0. The van der Waals surface area contributed by atoms with E-state index in [4.69, 9.17) is 0 Å². The molecule has 0 N–H and O–H groups in total. The molecule has 4 aromatic rings. The van der Waals surface area contributed by atoms with Crippen LogP contribution in [0.4, 0.5) is 0 Å². The Labute approximate surface area is 281 Å². The van der Waals surface area contributed by atoms with Gasteiger partial charge in [-0.15, -0.1) is 0 Å². The van der Waals surface area contributed by atoms with Crippen LogP contribution >= 0.6 is 0 Å². The van der Waals surface area contributed by atoms with E-state index in [1.807, 2.05) is 0 Å². The molecule has 3 atom stereocenters. The Bertz CT molecular complexity index is 1660. The number of benzene rings is 3. The van der Waals surface area contributed by atoms with Crippen molar-refractivity contribution in [2.75, 3.05) is 0 Å². The van der Waals surface area contributed by atoms with E-state index >= 15 is 0 Å². The number of hydrogen-bond acceptors (Lipinski definition) is 0. The molecule has 0 saturated carbocycles. The van der Waals surface area contributed by atoms with Gasteiger partial charge >= 0.3 is 143 Å². The number of rotatable bonds is 4. The Morgan fingerprint density at radius 1 is 0.857 bits per heavy atom. The number of para-hydroxylation sites is 1. The smallest absolute Gasteiger partial charge is 1.00 e. The van der Waals surface area contributed by atoms with Gasteiger partial charge in [-0.2, -0.15) is 0 Å². The zero-order valence-corrected chi connectivity index (χ0v) is 30.7. The van der Waals surface area contributed by atoms with Gasteiger partial charge in [-0.1, -0.05) is 36.9 Å². The molecule has 2 bridgehead atoms. The molecule has 215 valence electrons. The van der Waals surface area contributed by atoms with Crippen LogP contribution in [0.2, 0.25) is 13.1 Å².